The minimum absolute atomic E-state index is 0. The summed E-state index contributed by atoms with van der Waals surface area (Å²) < 4.78 is 4.92. The Hall–Kier alpha value is 0.00247. The fourth-order valence-electron chi connectivity index (χ4n) is 0.644. The molecule has 0 fully saturated rings. The molecule has 0 spiro atoms. The van der Waals surface area contributed by atoms with E-state index in [0.717, 1.165) is 0 Å². The maximum absolute atomic E-state index is 10.8. The van der Waals surface area contributed by atoms with Gasteiger partial charge in [0, 0.05) is 6.42 Å². The number of carbonyl (C=O) groups excluding carboxylic acids is 1. The van der Waals surface area contributed by atoms with E-state index in [-0.39, 0.29) is 29.4 Å². The van der Waals surface area contributed by atoms with Gasteiger partial charge in [-0.15, -0.1) is 0 Å². The Labute approximate surface area is 79.4 Å². The molecule has 0 aromatic carbocycles. The molecule has 66 valence electrons. The zero-order valence-electron chi connectivity index (χ0n) is 7.18. The predicted octanol–water partition coefficient (Wildman–Crippen LogP) is 0.800. The van der Waals surface area contributed by atoms with Crippen LogP contribution in [0.25, 0.3) is 0 Å². The molecule has 0 N–H and O–H groups in total. The molecule has 0 atom stereocenters. The highest BCUT2D eigenvalue weighted by Gasteiger charge is 2.06. The van der Waals surface area contributed by atoms with Crippen molar-refractivity contribution in [1.82, 2.24) is 0 Å². The van der Waals surface area contributed by atoms with Crippen molar-refractivity contribution in [3.8, 4) is 0 Å². The van der Waals surface area contributed by atoms with Crippen LogP contribution in [0.3, 0.4) is 0 Å². The van der Waals surface area contributed by atoms with Gasteiger partial charge in [-0.25, -0.2) is 0 Å². The molecule has 0 aliphatic rings. The molecule has 0 aromatic rings. The van der Waals surface area contributed by atoms with E-state index in [4.69, 9.17) is 4.74 Å². The van der Waals surface area contributed by atoms with Crippen molar-refractivity contribution in [2.75, 3.05) is 0 Å². The Bertz CT molecular complexity index is 98.7. The van der Waals surface area contributed by atoms with Crippen molar-refractivity contribution >= 4 is 23.3 Å². The first kappa shape index (κ1) is 13.6. The number of esters is 1. The summed E-state index contributed by atoms with van der Waals surface area (Å²) in [5.74, 6) is 0.302. The largest absolute Gasteiger partial charge is 0.463 e. The Kier molecular flexibility index (Phi) is 8.27. The smallest absolute Gasteiger partial charge is 0.306 e. The molecule has 11 heavy (non-hydrogen) atoms. The minimum atomic E-state index is -0.0926. The third-order valence-electron chi connectivity index (χ3n) is 0.942. The van der Waals surface area contributed by atoms with E-state index in [9.17, 15) is 4.79 Å². The second kappa shape index (κ2) is 6.70. The van der Waals surface area contributed by atoms with E-state index in [2.05, 4.69) is 0 Å². The molecule has 0 aliphatic heterocycles. The number of ether oxygens (including phenoxy) is 1. The normalized spacial score (nSPS) is 9.64. The van der Waals surface area contributed by atoms with Crippen LogP contribution < -0.4 is 0 Å². The minimum Gasteiger partial charge on any atom is -0.463 e. The Morgan fingerprint density at radius 2 is 1.73 bits per heavy atom. The lowest BCUT2D eigenvalue weighted by atomic mass is 10.1. The molecule has 0 radical (unpaired) electrons. The van der Waals surface area contributed by atoms with Crippen molar-refractivity contribution in [2.45, 2.75) is 40.2 Å². The lowest BCUT2D eigenvalue weighted by Crippen LogP contribution is -2.12. The van der Waals surface area contributed by atoms with Gasteiger partial charge in [-0.05, 0) is 19.8 Å². The van der Waals surface area contributed by atoms with Crippen LogP contribution in [0.1, 0.15) is 34.1 Å². The van der Waals surface area contributed by atoms with E-state index in [1.807, 2.05) is 27.7 Å². The van der Waals surface area contributed by atoms with Crippen LogP contribution in [-0.2, 0) is 9.53 Å². The number of hydrogen-bond donors (Lipinski definition) is 0. The van der Waals surface area contributed by atoms with E-state index >= 15 is 0 Å². The van der Waals surface area contributed by atoms with Gasteiger partial charge in [0.15, 0.2) is 17.4 Å². The molecule has 0 saturated carbocycles. The summed E-state index contributed by atoms with van der Waals surface area (Å²) in [6.07, 6.45) is 0.546. The SMILES string of the molecule is CC(C)CC(=O)OC(C)C.[AlH3]. The maximum atomic E-state index is 10.8. The average Bonchev–Trinajstić information content (AvgIpc) is 1.58. The molecule has 3 heteroatoms. The molecule has 0 rings (SSSR count). The maximum Gasteiger partial charge on any atom is 0.306 e. The van der Waals surface area contributed by atoms with Crippen LogP contribution in [-0.4, -0.2) is 29.4 Å². The van der Waals surface area contributed by atoms with Gasteiger partial charge >= 0.3 is 5.97 Å². The lowest BCUT2D eigenvalue weighted by Gasteiger charge is -2.08. The van der Waals surface area contributed by atoms with Crippen LogP contribution in [0, 0.1) is 5.92 Å². The first-order chi connectivity index (χ1) is 4.52. The van der Waals surface area contributed by atoms with Crippen molar-refractivity contribution < 1.29 is 9.53 Å². The van der Waals surface area contributed by atoms with Gasteiger partial charge in [0.05, 0.1) is 6.10 Å². The van der Waals surface area contributed by atoms with Crippen LogP contribution >= 0.6 is 0 Å². The van der Waals surface area contributed by atoms with Gasteiger partial charge in [0.25, 0.3) is 0 Å². The second-order valence-corrected chi connectivity index (χ2v) is 3.14. The summed E-state index contributed by atoms with van der Waals surface area (Å²) in [6.45, 7) is 7.72. The molecular weight excluding hydrogens is 155 g/mol. The van der Waals surface area contributed by atoms with Crippen molar-refractivity contribution in [3.05, 3.63) is 0 Å². The Balaban J connectivity index is 0. The van der Waals surface area contributed by atoms with Crippen molar-refractivity contribution in [3.63, 3.8) is 0 Å². The van der Waals surface area contributed by atoms with Crippen LogP contribution in [0.5, 0.6) is 0 Å². The van der Waals surface area contributed by atoms with Crippen molar-refractivity contribution in [2.24, 2.45) is 5.92 Å². The third kappa shape index (κ3) is 10.0. The standard InChI is InChI=1S/C8H16O2.Al.3H/c1-6(2)5-8(9)10-7(3)4;;;;/h6-7H,5H2,1-4H3;;;;. The summed E-state index contributed by atoms with van der Waals surface area (Å²) in [5.41, 5.74) is 0. The molecule has 0 aromatic heterocycles. The van der Waals surface area contributed by atoms with E-state index in [1.165, 1.54) is 0 Å². The van der Waals surface area contributed by atoms with Gasteiger partial charge in [-0.1, -0.05) is 13.8 Å². The number of hydrogen-bond acceptors (Lipinski definition) is 2. The molecule has 2 nitrogen and oxygen atoms in total. The van der Waals surface area contributed by atoms with Gasteiger partial charge in [0.1, 0.15) is 0 Å². The fraction of sp³-hybridized carbons (Fsp3) is 0.875. The average molecular weight is 174 g/mol. The van der Waals surface area contributed by atoms with Crippen LogP contribution in [0.2, 0.25) is 0 Å². The highest BCUT2D eigenvalue weighted by atomic mass is 27.0. The third-order valence-corrected chi connectivity index (χ3v) is 0.942. The van der Waals surface area contributed by atoms with Gasteiger partial charge in [-0.3, -0.25) is 4.79 Å². The molecule has 0 amide bonds. The molecule has 0 unspecified atom stereocenters. The van der Waals surface area contributed by atoms with Gasteiger partial charge < -0.3 is 4.74 Å². The molecular formula is C8H19AlO2. The zero-order valence-corrected chi connectivity index (χ0v) is 7.18. The first-order valence-electron chi connectivity index (χ1n) is 3.72. The van der Waals surface area contributed by atoms with Gasteiger partial charge in [-0.2, -0.15) is 0 Å². The summed E-state index contributed by atoms with van der Waals surface area (Å²) >= 11 is 0. The molecule has 0 heterocycles. The summed E-state index contributed by atoms with van der Waals surface area (Å²) in [5, 5.41) is 0. The summed E-state index contributed by atoms with van der Waals surface area (Å²) in [4.78, 5) is 10.8. The second-order valence-electron chi connectivity index (χ2n) is 3.14. The zero-order chi connectivity index (χ0) is 8.15. The fourth-order valence-corrected chi connectivity index (χ4v) is 0.644. The van der Waals surface area contributed by atoms with Crippen molar-refractivity contribution in [1.29, 1.82) is 0 Å². The van der Waals surface area contributed by atoms with Crippen LogP contribution in [0.15, 0.2) is 0 Å². The number of carbonyl (C=O) groups is 1. The quantitative estimate of drug-likeness (QED) is 0.467. The first-order valence-corrected chi connectivity index (χ1v) is 3.72. The topological polar surface area (TPSA) is 26.3 Å². The van der Waals surface area contributed by atoms with E-state index < -0.39 is 0 Å². The molecule has 0 saturated heterocycles. The summed E-state index contributed by atoms with van der Waals surface area (Å²) in [6, 6.07) is 0. The monoisotopic (exact) mass is 174 g/mol. The van der Waals surface area contributed by atoms with E-state index in [0.29, 0.717) is 12.3 Å². The number of rotatable bonds is 3. The Morgan fingerprint density at radius 1 is 1.27 bits per heavy atom. The van der Waals surface area contributed by atoms with E-state index in [1.54, 1.807) is 0 Å². The van der Waals surface area contributed by atoms with Crippen LogP contribution in [0.4, 0.5) is 0 Å². The molecule has 0 aliphatic carbocycles. The Morgan fingerprint density at radius 3 is 2.00 bits per heavy atom. The summed E-state index contributed by atoms with van der Waals surface area (Å²) in [7, 11) is 0. The lowest BCUT2D eigenvalue weighted by molar-refractivity contribution is -0.148. The highest BCUT2D eigenvalue weighted by molar-refractivity contribution is 5.75. The van der Waals surface area contributed by atoms with Gasteiger partial charge in [0.2, 0.25) is 0 Å². The molecule has 0 bridgehead atoms. The predicted molar refractivity (Wildman–Crippen MR) is 50.6 cm³/mol. The highest BCUT2D eigenvalue weighted by Crippen LogP contribution is 2.02.